The van der Waals surface area contributed by atoms with E-state index < -0.39 is 0 Å². The average Bonchev–Trinajstić information content (AvgIpc) is 2.58. The Morgan fingerprint density at radius 1 is 1.64 bits per heavy atom. The van der Waals surface area contributed by atoms with Crippen molar-refractivity contribution in [1.82, 2.24) is 15.1 Å². The minimum absolute atomic E-state index is 0.574. The van der Waals surface area contributed by atoms with Crippen molar-refractivity contribution >= 4 is 11.8 Å². The zero-order valence-electron chi connectivity index (χ0n) is 9.16. The second-order valence-corrected chi connectivity index (χ2v) is 4.53. The first-order chi connectivity index (χ1) is 6.72. The van der Waals surface area contributed by atoms with E-state index in [1.807, 2.05) is 35.8 Å². The molecule has 4 heteroatoms. The molecule has 0 bridgehead atoms. The number of hydrogen-bond donors (Lipinski definition) is 1. The summed E-state index contributed by atoms with van der Waals surface area (Å²) in [5, 5.41) is 7.77. The Kier molecular flexibility index (Phi) is 5.04. The van der Waals surface area contributed by atoms with E-state index in [2.05, 4.69) is 23.6 Å². The number of nitrogens with one attached hydrogen (secondary N) is 1. The molecule has 0 aliphatic rings. The molecule has 0 saturated carbocycles. The molecule has 1 atom stereocenters. The summed E-state index contributed by atoms with van der Waals surface area (Å²) in [5.74, 6) is 1.22. The van der Waals surface area contributed by atoms with Crippen LogP contribution >= 0.6 is 11.8 Å². The summed E-state index contributed by atoms with van der Waals surface area (Å²) in [6.45, 7) is 3.09. The molecule has 0 radical (unpaired) electrons. The molecule has 0 aromatic carbocycles. The molecule has 1 heterocycles. The Hall–Kier alpha value is -0.480. The number of aromatic nitrogens is 2. The van der Waals surface area contributed by atoms with E-state index in [1.165, 1.54) is 12.2 Å². The van der Waals surface area contributed by atoms with Gasteiger partial charge in [0.05, 0.1) is 5.69 Å². The van der Waals surface area contributed by atoms with Gasteiger partial charge in [0.25, 0.3) is 0 Å². The van der Waals surface area contributed by atoms with Crippen LogP contribution in [0.5, 0.6) is 0 Å². The number of rotatable bonds is 6. The Bertz CT molecular complexity index is 260. The van der Waals surface area contributed by atoms with E-state index in [1.54, 1.807) is 0 Å². The van der Waals surface area contributed by atoms with Gasteiger partial charge < -0.3 is 5.32 Å². The van der Waals surface area contributed by atoms with Crippen molar-refractivity contribution in [3.63, 3.8) is 0 Å². The second kappa shape index (κ2) is 6.09. The summed E-state index contributed by atoms with van der Waals surface area (Å²) in [7, 11) is 1.95. The first-order valence-corrected chi connectivity index (χ1v) is 6.32. The summed E-state index contributed by atoms with van der Waals surface area (Å²) in [4.78, 5) is 0. The molecular formula is C10H19N3S. The zero-order chi connectivity index (χ0) is 10.4. The zero-order valence-corrected chi connectivity index (χ0v) is 9.97. The lowest BCUT2D eigenvalue weighted by Crippen LogP contribution is -2.26. The van der Waals surface area contributed by atoms with Crippen molar-refractivity contribution in [3.05, 3.63) is 18.0 Å². The molecule has 80 valence electrons. The fourth-order valence-electron chi connectivity index (χ4n) is 1.23. The third-order valence-electron chi connectivity index (χ3n) is 2.16. The Morgan fingerprint density at radius 3 is 3.00 bits per heavy atom. The lowest BCUT2D eigenvalue weighted by molar-refractivity contribution is 0.528. The van der Waals surface area contributed by atoms with E-state index in [9.17, 15) is 0 Å². The molecule has 1 unspecified atom stereocenters. The third kappa shape index (κ3) is 4.15. The highest BCUT2D eigenvalue weighted by atomic mass is 32.2. The Balaban J connectivity index is 2.20. The molecule has 1 aromatic heterocycles. The lowest BCUT2D eigenvalue weighted by Gasteiger charge is -2.11. The second-order valence-electron chi connectivity index (χ2n) is 3.54. The smallest absolute Gasteiger partial charge is 0.0762 e. The summed E-state index contributed by atoms with van der Waals surface area (Å²) >= 11 is 1.90. The first-order valence-electron chi connectivity index (χ1n) is 4.93. The summed E-state index contributed by atoms with van der Waals surface area (Å²) < 4.78 is 1.84. The van der Waals surface area contributed by atoms with Crippen LogP contribution < -0.4 is 5.32 Å². The van der Waals surface area contributed by atoms with Gasteiger partial charge in [-0.15, -0.1) is 0 Å². The fourth-order valence-corrected chi connectivity index (χ4v) is 1.82. The highest BCUT2D eigenvalue weighted by Crippen LogP contribution is 2.01. The lowest BCUT2D eigenvalue weighted by atomic mass is 10.2. The summed E-state index contributed by atoms with van der Waals surface area (Å²) in [6, 6.07) is 2.62. The van der Waals surface area contributed by atoms with Crippen LogP contribution in [0.4, 0.5) is 0 Å². The molecule has 1 rings (SSSR count). The number of aryl methyl sites for hydroxylation is 1. The number of hydrogen-bond acceptors (Lipinski definition) is 3. The number of thioether (sulfide) groups is 1. The fraction of sp³-hybridized carbons (Fsp3) is 0.700. The van der Waals surface area contributed by atoms with Gasteiger partial charge >= 0.3 is 0 Å². The van der Waals surface area contributed by atoms with Gasteiger partial charge in [-0.3, -0.25) is 4.68 Å². The molecule has 0 spiro atoms. The van der Waals surface area contributed by atoms with Crippen molar-refractivity contribution in [2.24, 2.45) is 7.05 Å². The van der Waals surface area contributed by atoms with Crippen LogP contribution in [0, 0.1) is 0 Å². The normalized spacial score (nSPS) is 13.1. The maximum Gasteiger partial charge on any atom is 0.0762 e. The highest BCUT2D eigenvalue weighted by molar-refractivity contribution is 7.98. The van der Waals surface area contributed by atoms with E-state index in [0.717, 1.165) is 12.2 Å². The quantitative estimate of drug-likeness (QED) is 0.779. The average molecular weight is 213 g/mol. The molecule has 14 heavy (non-hydrogen) atoms. The van der Waals surface area contributed by atoms with Gasteiger partial charge in [0.2, 0.25) is 0 Å². The van der Waals surface area contributed by atoms with E-state index >= 15 is 0 Å². The van der Waals surface area contributed by atoms with Crippen LogP contribution in [0.1, 0.15) is 19.0 Å². The van der Waals surface area contributed by atoms with Crippen molar-refractivity contribution in [3.8, 4) is 0 Å². The largest absolute Gasteiger partial charge is 0.309 e. The molecule has 1 N–H and O–H groups in total. The summed E-state index contributed by atoms with van der Waals surface area (Å²) in [6.07, 6.45) is 5.34. The molecule has 3 nitrogen and oxygen atoms in total. The SMILES string of the molecule is CSCCC(C)NCc1ccn(C)n1. The van der Waals surface area contributed by atoms with Gasteiger partial charge in [-0.2, -0.15) is 16.9 Å². The molecule has 0 saturated heterocycles. The Labute approximate surface area is 90.3 Å². The van der Waals surface area contributed by atoms with Crippen LogP contribution in [0.2, 0.25) is 0 Å². The van der Waals surface area contributed by atoms with Gasteiger partial charge in [-0.05, 0) is 31.4 Å². The van der Waals surface area contributed by atoms with Crippen LogP contribution in [-0.2, 0) is 13.6 Å². The van der Waals surface area contributed by atoms with Crippen molar-refractivity contribution in [2.45, 2.75) is 25.9 Å². The van der Waals surface area contributed by atoms with E-state index in [0.29, 0.717) is 6.04 Å². The predicted molar refractivity (Wildman–Crippen MR) is 62.5 cm³/mol. The monoisotopic (exact) mass is 213 g/mol. The molecule has 0 amide bonds. The van der Waals surface area contributed by atoms with Crippen molar-refractivity contribution < 1.29 is 0 Å². The van der Waals surface area contributed by atoms with Gasteiger partial charge in [-0.1, -0.05) is 0 Å². The van der Waals surface area contributed by atoms with Crippen molar-refractivity contribution in [1.29, 1.82) is 0 Å². The van der Waals surface area contributed by atoms with Crippen LogP contribution in [-0.4, -0.2) is 27.8 Å². The molecular weight excluding hydrogens is 194 g/mol. The predicted octanol–water partition coefficient (Wildman–Crippen LogP) is 1.65. The molecule has 0 aliphatic heterocycles. The minimum Gasteiger partial charge on any atom is -0.309 e. The maximum atomic E-state index is 4.31. The minimum atomic E-state index is 0.574. The van der Waals surface area contributed by atoms with Gasteiger partial charge in [0.15, 0.2) is 0 Å². The number of nitrogens with zero attached hydrogens (tertiary/aromatic N) is 2. The third-order valence-corrected chi connectivity index (χ3v) is 2.80. The topological polar surface area (TPSA) is 29.9 Å². The van der Waals surface area contributed by atoms with Gasteiger partial charge in [0, 0.05) is 25.8 Å². The highest BCUT2D eigenvalue weighted by Gasteiger charge is 2.02. The van der Waals surface area contributed by atoms with Crippen LogP contribution in [0.25, 0.3) is 0 Å². The van der Waals surface area contributed by atoms with Crippen LogP contribution in [0.3, 0.4) is 0 Å². The maximum absolute atomic E-state index is 4.31. The van der Waals surface area contributed by atoms with Crippen molar-refractivity contribution in [2.75, 3.05) is 12.0 Å². The summed E-state index contributed by atoms with van der Waals surface area (Å²) in [5.41, 5.74) is 1.11. The Morgan fingerprint density at radius 2 is 2.43 bits per heavy atom. The molecule has 0 fully saturated rings. The van der Waals surface area contributed by atoms with Gasteiger partial charge in [-0.25, -0.2) is 0 Å². The van der Waals surface area contributed by atoms with Gasteiger partial charge in [0.1, 0.15) is 0 Å². The first kappa shape index (κ1) is 11.6. The standard InChI is InChI=1S/C10H19N3S/c1-9(5-7-14-3)11-8-10-4-6-13(2)12-10/h4,6,9,11H,5,7-8H2,1-3H3. The molecule has 1 aromatic rings. The molecule has 0 aliphatic carbocycles. The van der Waals surface area contributed by atoms with Crippen LogP contribution in [0.15, 0.2) is 12.3 Å². The van der Waals surface area contributed by atoms with E-state index in [-0.39, 0.29) is 0 Å². The van der Waals surface area contributed by atoms with E-state index in [4.69, 9.17) is 0 Å².